The van der Waals surface area contributed by atoms with Crippen LogP contribution in [0.25, 0.3) is 16.3 Å². The highest BCUT2D eigenvalue weighted by atomic mass is 32.1. The second kappa shape index (κ2) is 8.66. The van der Waals surface area contributed by atoms with Gasteiger partial charge in [-0.3, -0.25) is 4.79 Å². The molecule has 2 heterocycles. The van der Waals surface area contributed by atoms with Gasteiger partial charge in [-0.25, -0.2) is 4.98 Å². The normalized spacial score (nSPS) is 17.0. The van der Waals surface area contributed by atoms with Crippen LogP contribution >= 0.6 is 11.3 Å². The molecule has 6 heteroatoms. The lowest BCUT2D eigenvalue weighted by molar-refractivity contribution is -0.127. The van der Waals surface area contributed by atoms with Crippen LogP contribution in [0.1, 0.15) is 29.3 Å². The highest BCUT2D eigenvalue weighted by Crippen LogP contribution is 2.33. The molecule has 0 N–H and O–H groups in total. The topological polar surface area (TPSA) is 51.7 Å². The molecule has 1 aromatic heterocycles. The van der Waals surface area contributed by atoms with Gasteiger partial charge < -0.3 is 14.4 Å². The van der Waals surface area contributed by atoms with Gasteiger partial charge in [-0.2, -0.15) is 0 Å². The van der Waals surface area contributed by atoms with Crippen molar-refractivity contribution in [3.05, 3.63) is 59.1 Å². The lowest BCUT2D eigenvalue weighted by atomic mass is 9.98. The number of carbonyl (C=O) groups is 1. The fourth-order valence-electron chi connectivity index (χ4n) is 3.67. The van der Waals surface area contributed by atoms with Gasteiger partial charge in [0.05, 0.1) is 29.4 Å². The molecule has 0 saturated carbocycles. The first kappa shape index (κ1) is 19.5. The second-order valence-corrected chi connectivity index (χ2v) is 8.15. The van der Waals surface area contributed by atoms with E-state index in [4.69, 9.17) is 14.5 Å². The van der Waals surface area contributed by atoms with Crippen molar-refractivity contribution in [1.82, 2.24) is 9.88 Å². The lowest BCUT2D eigenvalue weighted by Crippen LogP contribution is -2.38. The minimum atomic E-state index is 0.0330. The molecule has 2 aromatic carbocycles. The summed E-state index contributed by atoms with van der Waals surface area (Å²) in [6.07, 6.45) is 5.53. The van der Waals surface area contributed by atoms with Crippen LogP contribution in [0.5, 0.6) is 11.5 Å². The van der Waals surface area contributed by atoms with Crippen molar-refractivity contribution < 1.29 is 14.3 Å². The van der Waals surface area contributed by atoms with Gasteiger partial charge in [0.2, 0.25) is 5.91 Å². The number of fused-ring (bicyclic) bond motifs is 1. The maximum atomic E-state index is 12.8. The standard InChI is InChI=1S/C23H24N2O3S/c1-27-19-11-9-16(14-20(19)28-2)10-12-22(26)25-13-5-6-17(15-25)23-24-18-7-3-4-8-21(18)29-23/h3-4,7-12,14,17H,5-6,13,15H2,1-2H3/b12-10+/t17-/m1/s1. The molecule has 150 valence electrons. The van der Waals surface area contributed by atoms with Gasteiger partial charge in [-0.1, -0.05) is 18.2 Å². The van der Waals surface area contributed by atoms with Gasteiger partial charge in [0.25, 0.3) is 0 Å². The first-order chi connectivity index (χ1) is 14.2. The number of piperidine rings is 1. The van der Waals surface area contributed by atoms with Gasteiger partial charge in [-0.05, 0) is 48.7 Å². The van der Waals surface area contributed by atoms with Gasteiger partial charge in [0.1, 0.15) is 0 Å². The van der Waals surface area contributed by atoms with E-state index in [9.17, 15) is 4.79 Å². The van der Waals surface area contributed by atoms with Crippen LogP contribution in [0.3, 0.4) is 0 Å². The van der Waals surface area contributed by atoms with E-state index in [-0.39, 0.29) is 5.91 Å². The monoisotopic (exact) mass is 408 g/mol. The van der Waals surface area contributed by atoms with Crippen LogP contribution in [0, 0.1) is 0 Å². The first-order valence-electron chi connectivity index (χ1n) is 9.72. The quantitative estimate of drug-likeness (QED) is 0.573. The molecule has 0 unspecified atom stereocenters. The molecular weight excluding hydrogens is 384 g/mol. The summed E-state index contributed by atoms with van der Waals surface area (Å²) in [6.45, 7) is 1.51. The molecule has 3 aromatic rings. The van der Waals surface area contributed by atoms with Crippen molar-refractivity contribution in [1.29, 1.82) is 0 Å². The lowest BCUT2D eigenvalue weighted by Gasteiger charge is -2.31. The second-order valence-electron chi connectivity index (χ2n) is 7.09. The van der Waals surface area contributed by atoms with E-state index < -0.39 is 0 Å². The molecule has 1 fully saturated rings. The van der Waals surface area contributed by atoms with Crippen molar-refractivity contribution in [3.63, 3.8) is 0 Å². The number of likely N-dealkylation sites (tertiary alicyclic amines) is 1. The Morgan fingerprint density at radius 2 is 2.00 bits per heavy atom. The Bertz CT molecular complexity index is 1010. The number of amides is 1. The largest absolute Gasteiger partial charge is 0.493 e. The molecule has 5 nitrogen and oxygen atoms in total. The van der Waals surface area contributed by atoms with E-state index in [2.05, 4.69) is 6.07 Å². The SMILES string of the molecule is COc1ccc(/C=C/C(=O)N2CCC[C@@H](c3nc4ccccc4s3)C2)cc1OC. The van der Waals surface area contributed by atoms with Crippen molar-refractivity contribution in [3.8, 4) is 11.5 Å². The number of methoxy groups -OCH3 is 2. The van der Waals surface area contributed by atoms with E-state index in [1.807, 2.05) is 47.4 Å². The molecule has 0 bridgehead atoms. The smallest absolute Gasteiger partial charge is 0.246 e. The average molecular weight is 409 g/mol. The Balaban J connectivity index is 1.45. The summed E-state index contributed by atoms with van der Waals surface area (Å²) < 4.78 is 11.8. The van der Waals surface area contributed by atoms with Gasteiger partial charge in [0.15, 0.2) is 11.5 Å². The Kier molecular flexibility index (Phi) is 5.81. The number of hydrogen-bond acceptors (Lipinski definition) is 5. The summed E-state index contributed by atoms with van der Waals surface area (Å²) in [5.41, 5.74) is 1.94. The number of rotatable bonds is 5. The van der Waals surface area contributed by atoms with Gasteiger partial charge in [-0.15, -0.1) is 11.3 Å². The van der Waals surface area contributed by atoms with Crippen molar-refractivity contribution >= 4 is 33.5 Å². The van der Waals surface area contributed by atoms with Crippen LogP contribution in [0.15, 0.2) is 48.5 Å². The molecule has 0 aliphatic carbocycles. The number of para-hydroxylation sites is 1. The van der Waals surface area contributed by atoms with E-state index in [0.29, 0.717) is 17.4 Å². The molecule has 1 aliphatic heterocycles. The summed E-state index contributed by atoms with van der Waals surface area (Å²) in [5.74, 6) is 1.66. The molecule has 1 aliphatic rings. The van der Waals surface area contributed by atoms with E-state index in [0.717, 1.165) is 42.0 Å². The molecule has 4 rings (SSSR count). The van der Waals surface area contributed by atoms with Gasteiger partial charge >= 0.3 is 0 Å². The summed E-state index contributed by atoms with van der Waals surface area (Å²) in [7, 11) is 3.21. The summed E-state index contributed by atoms with van der Waals surface area (Å²) >= 11 is 1.74. The number of ether oxygens (including phenoxy) is 2. The number of aromatic nitrogens is 1. The molecule has 1 atom stereocenters. The van der Waals surface area contributed by atoms with Crippen LogP contribution in [0.4, 0.5) is 0 Å². The number of carbonyl (C=O) groups excluding carboxylic acids is 1. The molecule has 0 spiro atoms. The molecule has 0 radical (unpaired) electrons. The van der Waals surface area contributed by atoms with Gasteiger partial charge in [0, 0.05) is 25.1 Å². The predicted molar refractivity (Wildman–Crippen MR) is 117 cm³/mol. The molecule has 1 saturated heterocycles. The van der Waals surface area contributed by atoms with Crippen LogP contribution in [-0.4, -0.2) is 43.1 Å². The highest BCUT2D eigenvalue weighted by molar-refractivity contribution is 7.18. The first-order valence-corrected chi connectivity index (χ1v) is 10.5. The fraction of sp³-hybridized carbons (Fsp3) is 0.304. The number of benzene rings is 2. The van der Waals surface area contributed by atoms with Crippen LogP contribution in [0.2, 0.25) is 0 Å². The minimum Gasteiger partial charge on any atom is -0.493 e. The number of nitrogens with zero attached hydrogens (tertiary/aromatic N) is 2. The maximum absolute atomic E-state index is 12.8. The van der Waals surface area contributed by atoms with Crippen LogP contribution in [-0.2, 0) is 4.79 Å². The maximum Gasteiger partial charge on any atom is 0.246 e. The third kappa shape index (κ3) is 4.27. The van der Waals surface area contributed by atoms with Crippen molar-refractivity contribution in [2.45, 2.75) is 18.8 Å². The summed E-state index contributed by atoms with van der Waals surface area (Å²) in [5, 5.41) is 1.13. The zero-order valence-corrected chi connectivity index (χ0v) is 17.4. The zero-order chi connectivity index (χ0) is 20.2. The number of thiazole rings is 1. The van der Waals surface area contributed by atoms with Crippen molar-refractivity contribution in [2.24, 2.45) is 0 Å². The third-order valence-electron chi connectivity index (χ3n) is 5.22. The van der Waals surface area contributed by atoms with E-state index in [1.54, 1.807) is 31.6 Å². The van der Waals surface area contributed by atoms with E-state index in [1.165, 1.54) is 4.70 Å². The summed E-state index contributed by atoms with van der Waals surface area (Å²) in [6, 6.07) is 13.8. The fourth-order valence-corrected chi connectivity index (χ4v) is 4.77. The van der Waals surface area contributed by atoms with Crippen molar-refractivity contribution in [2.75, 3.05) is 27.3 Å². The Morgan fingerprint density at radius 3 is 2.79 bits per heavy atom. The Labute approximate surface area is 174 Å². The molecule has 1 amide bonds. The predicted octanol–water partition coefficient (Wildman–Crippen LogP) is 4.73. The zero-order valence-electron chi connectivity index (χ0n) is 16.6. The van der Waals surface area contributed by atoms with Crippen LogP contribution < -0.4 is 9.47 Å². The minimum absolute atomic E-state index is 0.0330. The average Bonchev–Trinajstić information content (AvgIpc) is 3.21. The Morgan fingerprint density at radius 1 is 1.17 bits per heavy atom. The Hall–Kier alpha value is -2.86. The summed E-state index contributed by atoms with van der Waals surface area (Å²) in [4.78, 5) is 19.5. The molecule has 29 heavy (non-hydrogen) atoms. The number of hydrogen-bond donors (Lipinski definition) is 0. The molecular formula is C23H24N2O3S. The third-order valence-corrected chi connectivity index (χ3v) is 6.42. The highest BCUT2D eigenvalue weighted by Gasteiger charge is 2.26. The van der Waals surface area contributed by atoms with E-state index >= 15 is 0 Å².